The van der Waals surface area contributed by atoms with Gasteiger partial charge in [-0.1, -0.05) is 70.6 Å². The average molecular weight is 530 g/mol. The van der Waals surface area contributed by atoms with E-state index >= 15 is 0 Å². The van der Waals surface area contributed by atoms with Crippen LogP contribution >= 0.6 is 0 Å². The molecular formula is C33H53F2N3. The summed E-state index contributed by atoms with van der Waals surface area (Å²) in [6.45, 7) is 5.10. The second kappa shape index (κ2) is 14.3. The standard InChI is InChI=1S/C33H53F2N3/c1-24-29(30-22-27(34)23-31(35)32(30)38-24)18-21-37-28-14-10-7-9-12-25(15-16-28)26-13-8-5-3-4-6-11-19-33(2,36)20-17-26/h22-23,25-26,28,37-38H,3-21,36H2,1-2H3. The summed E-state index contributed by atoms with van der Waals surface area (Å²) in [6.07, 6.45) is 23.1. The Balaban J connectivity index is 1.35. The summed E-state index contributed by atoms with van der Waals surface area (Å²) in [5.41, 5.74) is 9.15. The van der Waals surface area contributed by atoms with Crippen molar-refractivity contribution in [3.63, 3.8) is 0 Å². The van der Waals surface area contributed by atoms with Crippen molar-refractivity contribution >= 4 is 10.9 Å². The molecule has 0 saturated heterocycles. The molecule has 0 bridgehead atoms. The Morgan fingerprint density at radius 1 is 0.842 bits per heavy atom. The van der Waals surface area contributed by atoms with Gasteiger partial charge in [-0.2, -0.15) is 0 Å². The molecule has 0 amide bonds. The van der Waals surface area contributed by atoms with Gasteiger partial charge in [0, 0.05) is 28.7 Å². The lowest BCUT2D eigenvalue weighted by atomic mass is 9.76. The molecule has 5 heteroatoms. The fourth-order valence-electron chi connectivity index (χ4n) is 7.38. The first-order valence-corrected chi connectivity index (χ1v) is 15.8. The normalized spacial score (nSPS) is 29.1. The molecule has 4 rings (SSSR count). The Bertz CT molecular complexity index is 998. The summed E-state index contributed by atoms with van der Waals surface area (Å²) in [5, 5.41) is 4.53. The quantitative estimate of drug-likeness (QED) is 0.362. The monoisotopic (exact) mass is 529 g/mol. The fraction of sp³-hybridized carbons (Fsp3) is 0.758. The second-order valence-corrected chi connectivity index (χ2v) is 13.0. The second-order valence-electron chi connectivity index (χ2n) is 13.0. The number of aromatic amines is 1. The van der Waals surface area contributed by atoms with E-state index < -0.39 is 11.6 Å². The van der Waals surface area contributed by atoms with Gasteiger partial charge in [0.2, 0.25) is 0 Å². The van der Waals surface area contributed by atoms with Crippen LogP contribution in [0.3, 0.4) is 0 Å². The Labute approximate surface area is 230 Å². The molecule has 2 aliphatic rings. The SMILES string of the molecule is Cc1[nH]c2c(F)cc(F)cc2c1CCNC1CCCCCC(C2CCCCCCCCC(C)(N)CC2)CC1. The van der Waals surface area contributed by atoms with Crippen molar-refractivity contribution in [2.75, 3.05) is 6.54 Å². The van der Waals surface area contributed by atoms with Crippen molar-refractivity contribution in [1.29, 1.82) is 0 Å². The molecule has 4 N–H and O–H groups in total. The van der Waals surface area contributed by atoms with E-state index in [1.807, 2.05) is 6.92 Å². The van der Waals surface area contributed by atoms with Gasteiger partial charge >= 0.3 is 0 Å². The summed E-state index contributed by atoms with van der Waals surface area (Å²) >= 11 is 0. The maximum Gasteiger partial charge on any atom is 0.150 e. The molecule has 3 nitrogen and oxygen atoms in total. The van der Waals surface area contributed by atoms with E-state index in [2.05, 4.69) is 17.2 Å². The zero-order valence-corrected chi connectivity index (χ0v) is 24.2. The molecule has 0 radical (unpaired) electrons. The van der Waals surface area contributed by atoms with Crippen LogP contribution in [0, 0.1) is 30.4 Å². The minimum Gasteiger partial charge on any atom is -0.356 e. The summed E-state index contributed by atoms with van der Waals surface area (Å²) in [4.78, 5) is 3.13. The lowest BCUT2D eigenvalue weighted by molar-refractivity contribution is 0.216. The Morgan fingerprint density at radius 2 is 1.50 bits per heavy atom. The minimum atomic E-state index is -0.508. The first kappa shape index (κ1) is 29.5. The van der Waals surface area contributed by atoms with Gasteiger partial charge < -0.3 is 16.0 Å². The van der Waals surface area contributed by atoms with Gasteiger partial charge in [0.05, 0.1) is 5.52 Å². The first-order valence-electron chi connectivity index (χ1n) is 15.8. The summed E-state index contributed by atoms with van der Waals surface area (Å²) in [5.74, 6) is 0.617. The molecule has 0 spiro atoms. The molecular weight excluding hydrogens is 476 g/mol. The maximum atomic E-state index is 14.2. The third-order valence-electron chi connectivity index (χ3n) is 9.79. The van der Waals surface area contributed by atoms with E-state index in [1.54, 1.807) is 0 Å². The third-order valence-corrected chi connectivity index (χ3v) is 9.79. The number of aromatic nitrogens is 1. The molecule has 2 aliphatic carbocycles. The molecule has 4 atom stereocenters. The highest BCUT2D eigenvalue weighted by molar-refractivity contribution is 5.85. The Morgan fingerprint density at radius 3 is 2.29 bits per heavy atom. The number of halogens is 2. The number of hydrogen-bond donors (Lipinski definition) is 3. The van der Waals surface area contributed by atoms with Crippen LogP contribution in [0.25, 0.3) is 10.9 Å². The van der Waals surface area contributed by atoms with E-state index in [1.165, 1.54) is 115 Å². The van der Waals surface area contributed by atoms with Crippen LogP contribution in [0.2, 0.25) is 0 Å². The van der Waals surface area contributed by atoms with Crippen LogP contribution in [0.4, 0.5) is 8.78 Å². The van der Waals surface area contributed by atoms with Gasteiger partial charge in [-0.05, 0) is 88.8 Å². The van der Waals surface area contributed by atoms with Crippen LogP contribution in [-0.4, -0.2) is 23.1 Å². The van der Waals surface area contributed by atoms with E-state index in [0.717, 1.165) is 42.1 Å². The Hall–Kier alpha value is -1.46. The van der Waals surface area contributed by atoms with Crippen LogP contribution in [0.15, 0.2) is 12.1 Å². The molecule has 2 fully saturated rings. The molecule has 38 heavy (non-hydrogen) atoms. The Kier molecular flexibility index (Phi) is 11.1. The third kappa shape index (κ3) is 8.52. The van der Waals surface area contributed by atoms with E-state index in [9.17, 15) is 8.78 Å². The maximum absolute atomic E-state index is 14.2. The summed E-state index contributed by atoms with van der Waals surface area (Å²) in [7, 11) is 0. The number of nitrogens with one attached hydrogen (secondary N) is 2. The number of benzene rings is 1. The molecule has 2 aromatic rings. The highest BCUT2D eigenvalue weighted by Crippen LogP contribution is 2.36. The van der Waals surface area contributed by atoms with Crippen LogP contribution in [0.1, 0.15) is 127 Å². The average Bonchev–Trinajstić information content (AvgIpc) is 3.23. The molecule has 0 aliphatic heterocycles. The molecule has 1 aromatic carbocycles. The molecule has 4 unspecified atom stereocenters. The van der Waals surface area contributed by atoms with Crippen molar-refractivity contribution in [1.82, 2.24) is 10.3 Å². The van der Waals surface area contributed by atoms with Crippen LogP contribution in [0.5, 0.6) is 0 Å². The van der Waals surface area contributed by atoms with Gasteiger partial charge in [0.15, 0.2) is 0 Å². The van der Waals surface area contributed by atoms with Crippen molar-refractivity contribution in [2.24, 2.45) is 17.6 Å². The van der Waals surface area contributed by atoms with E-state index in [4.69, 9.17) is 5.73 Å². The highest BCUT2D eigenvalue weighted by atomic mass is 19.1. The van der Waals surface area contributed by atoms with E-state index in [0.29, 0.717) is 16.9 Å². The predicted octanol–water partition coefficient (Wildman–Crippen LogP) is 8.86. The van der Waals surface area contributed by atoms with Gasteiger partial charge in [-0.25, -0.2) is 8.78 Å². The van der Waals surface area contributed by atoms with Crippen LogP contribution in [-0.2, 0) is 6.42 Å². The zero-order chi connectivity index (χ0) is 27.0. The number of hydrogen-bond acceptors (Lipinski definition) is 2. The zero-order valence-electron chi connectivity index (χ0n) is 24.2. The van der Waals surface area contributed by atoms with E-state index in [-0.39, 0.29) is 5.54 Å². The highest BCUT2D eigenvalue weighted by Gasteiger charge is 2.27. The largest absolute Gasteiger partial charge is 0.356 e. The van der Waals surface area contributed by atoms with Crippen molar-refractivity contribution in [3.8, 4) is 0 Å². The molecule has 1 heterocycles. The van der Waals surface area contributed by atoms with Crippen molar-refractivity contribution in [3.05, 3.63) is 35.0 Å². The topological polar surface area (TPSA) is 53.8 Å². The molecule has 2 saturated carbocycles. The number of rotatable bonds is 5. The first-order chi connectivity index (χ1) is 18.3. The number of nitrogens with two attached hydrogens (primary N) is 1. The minimum absolute atomic E-state index is 0.00753. The van der Waals surface area contributed by atoms with Gasteiger partial charge in [0.25, 0.3) is 0 Å². The predicted molar refractivity (Wildman–Crippen MR) is 157 cm³/mol. The number of H-pyrrole nitrogens is 1. The molecule has 214 valence electrons. The van der Waals surface area contributed by atoms with Crippen molar-refractivity contribution in [2.45, 2.75) is 141 Å². The smallest absolute Gasteiger partial charge is 0.150 e. The number of fused-ring (bicyclic) bond motifs is 1. The number of aryl methyl sites for hydroxylation is 1. The van der Waals surface area contributed by atoms with Crippen LogP contribution < -0.4 is 11.1 Å². The summed E-state index contributed by atoms with van der Waals surface area (Å²) in [6, 6.07) is 2.96. The lowest BCUT2D eigenvalue weighted by Crippen LogP contribution is -2.37. The summed E-state index contributed by atoms with van der Waals surface area (Å²) < 4.78 is 28.1. The van der Waals surface area contributed by atoms with Gasteiger partial charge in [-0.3, -0.25) is 0 Å². The van der Waals surface area contributed by atoms with Gasteiger partial charge in [-0.15, -0.1) is 0 Å². The van der Waals surface area contributed by atoms with Gasteiger partial charge in [0.1, 0.15) is 11.6 Å². The van der Waals surface area contributed by atoms with Crippen molar-refractivity contribution < 1.29 is 8.78 Å². The lowest BCUT2D eigenvalue weighted by Gasteiger charge is -2.33. The fourth-order valence-corrected chi connectivity index (χ4v) is 7.38. The molecule has 1 aromatic heterocycles.